The lowest BCUT2D eigenvalue weighted by atomic mass is 10.0. The molecule has 0 unspecified atom stereocenters. The van der Waals surface area contributed by atoms with E-state index in [-0.39, 0.29) is 24.5 Å². The number of ether oxygens (including phenoxy) is 1. The third kappa shape index (κ3) is 6.77. The lowest BCUT2D eigenvalue weighted by Crippen LogP contribution is -2.48. The van der Waals surface area contributed by atoms with Crippen LogP contribution in [-0.4, -0.2) is 42.5 Å². The highest BCUT2D eigenvalue weighted by Gasteiger charge is 2.24. The van der Waals surface area contributed by atoms with Gasteiger partial charge in [0.25, 0.3) is 5.91 Å². The molecule has 1 heterocycles. The summed E-state index contributed by atoms with van der Waals surface area (Å²) in [6, 6.07) is 15.3. The molecule has 6 heteroatoms. The number of halogens is 1. The largest absolute Gasteiger partial charge is 0.484 e. The lowest BCUT2D eigenvalue weighted by Gasteiger charge is -2.32. The van der Waals surface area contributed by atoms with Crippen molar-refractivity contribution in [2.75, 3.05) is 19.7 Å². The average molecular weight is 429 g/mol. The second-order valence-corrected chi connectivity index (χ2v) is 8.14. The summed E-state index contributed by atoms with van der Waals surface area (Å²) in [5.74, 6) is 0.697. The predicted molar refractivity (Wildman–Crippen MR) is 119 cm³/mol. The van der Waals surface area contributed by atoms with Crippen LogP contribution in [0.1, 0.15) is 37.3 Å². The van der Waals surface area contributed by atoms with Crippen LogP contribution in [-0.2, 0) is 22.4 Å². The molecule has 0 saturated carbocycles. The molecule has 1 saturated heterocycles. The topological polar surface area (TPSA) is 58.6 Å². The second-order valence-electron chi connectivity index (χ2n) is 7.71. The van der Waals surface area contributed by atoms with Gasteiger partial charge in [-0.3, -0.25) is 9.59 Å². The molecule has 2 aromatic rings. The van der Waals surface area contributed by atoms with Gasteiger partial charge in [-0.1, -0.05) is 49.2 Å². The molecule has 0 bridgehead atoms. The number of piperidine rings is 1. The first-order valence-corrected chi connectivity index (χ1v) is 10.9. The molecule has 5 nitrogen and oxygen atoms in total. The Kier molecular flexibility index (Phi) is 8.14. The van der Waals surface area contributed by atoms with Crippen molar-refractivity contribution in [1.82, 2.24) is 10.2 Å². The Morgan fingerprint density at radius 2 is 1.67 bits per heavy atom. The summed E-state index contributed by atoms with van der Waals surface area (Å²) in [6.07, 6.45) is 4.00. The van der Waals surface area contributed by atoms with Crippen molar-refractivity contribution in [3.8, 4) is 5.75 Å². The number of hydrogen-bond donors (Lipinski definition) is 1. The molecule has 3 rings (SSSR count). The molecule has 30 heavy (non-hydrogen) atoms. The molecule has 0 aliphatic carbocycles. The number of amides is 2. The van der Waals surface area contributed by atoms with Crippen molar-refractivity contribution in [2.24, 2.45) is 0 Å². The first kappa shape index (κ1) is 22.2. The monoisotopic (exact) mass is 428 g/mol. The molecule has 2 amide bonds. The van der Waals surface area contributed by atoms with Gasteiger partial charge in [0.2, 0.25) is 5.91 Å². The quantitative estimate of drug-likeness (QED) is 0.690. The van der Waals surface area contributed by atoms with Crippen molar-refractivity contribution in [2.45, 2.75) is 45.1 Å². The van der Waals surface area contributed by atoms with Gasteiger partial charge in [-0.2, -0.15) is 0 Å². The maximum Gasteiger partial charge on any atom is 0.260 e. The molecule has 1 aliphatic rings. The van der Waals surface area contributed by atoms with E-state index in [2.05, 4.69) is 12.2 Å². The third-order valence-electron chi connectivity index (χ3n) is 5.32. The summed E-state index contributed by atoms with van der Waals surface area (Å²) < 4.78 is 5.65. The Morgan fingerprint density at radius 1 is 1.03 bits per heavy atom. The van der Waals surface area contributed by atoms with Crippen molar-refractivity contribution in [3.05, 3.63) is 64.7 Å². The number of nitrogens with zero attached hydrogens (tertiary/aromatic N) is 1. The van der Waals surface area contributed by atoms with E-state index < -0.39 is 0 Å². The zero-order valence-electron chi connectivity index (χ0n) is 17.4. The maximum atomic E-state index is 12.4. The van der Waals surface area contributed by atoms with Crippen LogP contribution in [0.25, 0.3) is 0 Å². The summed E-state index contributed by atoms with van der Waals surface area (Å²) >= 11 is 5.88. The molecule has 1 aliphatic heterocycles. The minimum Gasteiger partial charge on any atom is -0.484 e. The highest BCUT2D eigenvalue weighted by Crippen LogP contribution is 2.15. The second kappa shape index (κ2) is 11.0. The van der Waals surface area contributed by atoms with Crippen LogP contribution in [0.5, 0.6) is 5.75 Å². The molecule has 1 fully saturated rings. The number of nitrogens with one attached hydrogen (secondary N) is 1. The summed E-state index contributed by atoms with van der Waals surface area (Å²) in [6.45, 7) is 3.45. The van der Waals surface area contributed by atoms with E-state index in [0.29, 0.717) is 30.3 Å². The molecule has 2 aromatic carbocycles. The highest BCUT2D eigenvalue weighted by atomic mass is 35.5. The van der Waals surface area contributed by atoms with Gasteiger partial charge in [0, 0.05) is 24.2 Å². The number of aryl methyl sites for hydroxylation is 1. The summed E-state index contributed by atoms with van der Waals surface area (Å²) in [7, 11) is 0. The van der Waals surface area contributed by atoms with Crippen molar-refractivity contribution < 1.29 is 14.3 Å². The van der Waals surface area contributed by atoms with Crippen LogP contribution in [0, 0.1) is 0 Å². The van der Waals surface area contributed by atoms with Gasteiger partial charge in [-0.25, -0.2) is 0 Å². The van der Waals surface area contributed by atoms with Crippen LogP contribution in [0.2, 0.25) is 5.02 Å². The fourth-order valence-electron chi connectivity index (χ4n) is 3.62. The zero-order chi connectivity index (χ0) is 21.3. The minimum atomic E-state index is -0.0152. The Morgan fingerprint density at radius 3 is 2.30 bits per heavy atom. The molecule has 0 spiro atoms. The fraction of sp³-hybridized carbons (Fsp3) is 0.417. The van der Waals surface area contributed by atoms with Crippen LogP contribution >= 0.6 is 11.6 Å². The number of likely N-dealkylation sites (tertiary alicyclic amines) is 1. The summed E-state index contributed by atoms with van der Waals surface area (Å²) in [4.78, 5) is 26.5. The van der Waals surface area contributed by atoms with E-state index in [1.54, 1.807) is 12.1 Å². The van der Waals surface area contributed by atoms with Crippen LogP contribution < -0.4 is 10.1 Å². The Hall–Kier alpha value is -2.53. The zero-order valence-corrected chi connectivity index (χ0v) is 18.2. The van der Waals surface area contributed by atoms with Crippen molar-refractivity contribution in [3.63, 3.8) is 0 Å². The number of hydrogen-bond acceptors (Lipinski definition) is 3. The van der Waals surface area contributed by atoms with Gasteiger partial charge in [-0.15, -0.1) is 0 Å². The van der Waals surface area contributed by atoms with E-state index in [1.165, 1.54) is 5.56 Å². The molecular formula is C24H29ClN2O3. The van der Waals surface area contributed by atoms with E-state index in [9.17, 15) is 9.59 Å². The molecule has 0 aromatic heterocycles. The lowest BCUT2D eigenvalue weighted by molar-refractivity contribution is -0.134. The number of rotatable bonds is 8. The predicted octanol–water partition coefficient (Wildman–Crippen LogP) is 4.02. The summed E-state index contributed by atoms with van der Waals surface area (Å²) in [5, 5.41) is 3.73. The Labute approximate surface area is 183 Å². The van der Waals surface area contributed by atoms with Gasteiger partial charge < -0.3 is 15.0 Å². The molecule has 1 N–H and O–H groups in total. The van der Waals surface area contributed by atoms with E-state index in [0.717, 1.165) is 31.2 Å². The highest BCUT2D eigenvalue weighted by molar-refractivity contribution is 6.30. The Bertz CT molecular complexity index is 829. The van der Waals surface area contributed by atoms with Gasteiger partial charge in [0.05, 0.1) is 6.42 Å². The molecule has 0 radical (unpaired) electrons. The number of carbonyl (C=O) groups excluding carboxylic acids is 2. The Balaban J connectivity index is 1.37. The minimum absolute atomic E-state index is 0.00282. The van der Waals surface area contributed by atoms with Crippen molar-refractivity contribution in [1.29, 1.82) is 0 Å². The van der Waals surface area contributed by atoms with Crippen molar-refractivity contribution >= 4 is 23.4 Å². The van der Waals surface area contributed by atoms with Gasteiger partial charge in [0.1, 0.15) is 5.75 Å². The first-order valence-electron chi connectivity index (χ1n) is 10.6. The average Bonchev–Trinajstić information content (AvgIpc) is 2.75. The fourth-order valence-corrected chi connectivity index (χ4v) is 3.74. The van der Waals surface area contributed by atoms with Gasteiger partial charge in [-0.05, 0) is 54.7 Å². The van der Waals surface area contributed by atoms with Crippen LogP contribution in [0.15, 0.2) is 48.5 Å². The van der Waals surface area contributed by atoms with Crippen LogP contribution in [0.4, 0.5) is 0 Å². The number of benzene rings is 2. The molecular weight excluding hydrogens is 400 g/mol. The SMILES string of the molecule is CCCc1ccc(OCC(=O)N2CCC(NC(=O)Cc3ccc(Cl)cc3)CC2)cc1. The first-order chi connectivity index (χ1) is 14.5. The summed E-state index contributed by atoms with van der Waals surface area (Å²) in [5.41, 5.74) is 2.21. The van der Waals surface area contributed by atoms with E-state index >= 15 is 0 Å². The number of carbonyl (C=O) groups is 2. The van der Waals surface area contributed by atoms with Gasteiger partial charge >= 0.3 is 0 Å². The standard InChI is InChI=1S/C24H29ClN2O3/c1-2-3-18-6-10-22(11-7-18)30-17-24(29)27-14-12-21(13-15-27)26-23(28)16-19-4-8-20(25)9-5-19/h4-11,21H,2-3,12-17H2,1H3,(H,26,28). The smallest absolute Gasteiger partial charge is 0.260 e. The molecule has 0 atom stereocenters. The third-order valence-corrected chi connectivity index (χ3v) is 5.57. The normalized spacial score (nSPS) is 14.4. The van der Waals surface area contributed by atoms with Gasteiger partial charge in [0.15, 0.2) is 6.61 Å². The maximum absolute atomic E-state index is 12.4. The van der Waals surface area contributed by atoms with E-state index in [4.69, 9.17) is 16.3 Å². The van der Waals surface area contributed by atoms with Crippen LogP contribution in [0.3, 0.4) is 0 Å². The molecule has 160 valence electrons. The van der Waals surface area contributed by atoms with E-state index in [1.807, 2.05) is 41.3 Å².